The van der Waals surface area contributed by atoms with Gasteiger partial charge in [0.05, 0.1) is 16.8 Å². The van der Waals surface area contributed by atoms with E-state index in [1.807, 2.05) is 0 Å². The molecule has 2 aromatic rings. The summed E-state index contributed by atoms with van der Waals surface area (Å²) in [5, 5.41) is 0.369. The average molecular weight is 266 g/mol. The van der Waals surface area contributed by atoms with Crippen molar-refractivity contribution in [1.82, 2.24) is 4.98 Å². The highest BCUT2D eigenvalue weighted by Crippen LogP contribution is 2.29. The van der Waals surface area contributed by atoms with Crippen molar-refractivity contribution in [3.8, 4) is 11.5 Å². The Morgan fingerprint density at radius 2 is 2.17 bits per heavy atom. The molecule has 1 aromatic heterocycles. The van der Waals surface area contributed by atoms with Gasteiger partial charge in [-0.15, -0.1) is 0 Å². The van der Waals surface area contributed by atoms with Crippen LogP contribution in [0.15, 0.2) is 36.7 Å². The molecule has 18 heavy (non-hydrogen) atoms. The highest BCUT2D eigenvalue weighted by atomic mass is 35.5. The lowest BCUT2D eigenvalue weighted by molar-refractivity contribution is 0.101. The third kappa shape index (κ3) is 2.65. The minimum absolute atomic E-state index is 0.117. The monoisotopic (exact) mass is 265 g/mol. The number of aromatic nitrogens is 1. The summed E-state index contributed by atoms with van der Waals surface area (Å²) in [6.07, 6.45) is 2.82. The molecule has 0 fully saturated rings. The zero-order chi connectivity index (χ0) is 13.1. The number of nitrogens with zero attached hydrogens (tertiary/aromatic N) is 1. The minimum atomic E-state index is -0.609. The molecule has 0 N–H and O–H groups in total. The fourth-order valence-corrected chi connectivity index (χ4v) is 1.62. The van der Waals surface area contributed by atoms with Gasteiger partial charge in [0.25, 0.3) is 0 Å². The van der Waals surface area contributed by atoms with Gasteiger partial charge in [-0.1, -0.05) is 17.7 Å². The summed E-state index contributed by atoms with van der Waals surface area (Å²) in [6.45, 7) is 1.35. The number of carbonyl (C=O) groups excluding carboxylic acids is 1. The van der Waals surface area contributed by atoms with Gasteiger partial charge in [0, 0.05) is 12.3 Å². The van der Waals surface area contributed by atoms with Crippen LogP contribution >= 0.6 is 11.6 Å². The molecule has 0 aliphatic carbocycles. The van der Waals surface area contributed by atoms with Crippen LogP contribution in [0.25, 0.3) is 0 Å². The van der Waals surface area contributed by atoms with E-state index in [4.69, 9.17) is 16.3 Å². The molecule has 0 aliphatic rings. The number of halogens is 2. The zero-order valence-electron chi connectivity index (χ0n) is 9.48. The lowest BCUT2D eigenvalue weighted by atomic mass is 10.1. The quantitative estimate of drug-likeness (QED) is 0.791. The highest BCUT2D eigenvalue weighted by molar-refractivity contribution is 6.30. The molecular formula is C13H9ClFNO2. The number of ether oxygens (including phenoxy) is 1. The van der Waals surface area contributed by atoms with E-state index >= 15 is 0 Å². The van der Waals surface area contributed by atoms with Crippen LogP contribution in [-0.2, 0) is 0 Å². The van der Waals surface area contributed by atoms with E-state index in [0.717, 1.165) is 0 Å². The van der Waals surface area contributed by atoms with Crippen molar-refractivity contribution in [2.75, 3.05) is 0 Å². The van der Waals surface area contributed by atoms with Gasteiger partial charge in [-0.3, -0.25) is 9.78 Å². The van der Waals surface area contributed by atoms with Crippen LogP contribution in [0, 0.1) is 5.82 Å². The Labute approximate surface area is 108 Å². The van der Waals surface area contributed by atoms with Crippen LogP contribution < -0.4 is 4.74 Å². The van der Waals surface area contributed by atoms with Gasteiger partial charge in [-0.25, -0.2) is 4.39 Å². The maximum absolute atomic E-state index is 13.7. The Hall–Kier alpha value is -1.94. The fraction of sp³-hybridized carbons (Fsp3) is 0.0769. The molecule has 0 saturated carbocycles. The van der Waals surface area contributed by atoms with Gasteiger partial charge < -0.3 is 4.74 Å². The lowest BCUT2D eigenvalue weighted by Crippen LogP contribution is -1.99. The van der Waals surface area contributed by atoms with E-state index in [0.29, 0.717) is 5.02 Å². The molecule has 0 bridgehead atoms. The summed E-state index contributed by atoms with van der Waals surface area (Å²) >= 11 is 5.75. The molecule has 0 saturated heterocycles. The summed E-state index contributed by atoms with van der Waals surface area (Å²) in [7, 11) is 0. The highest BCUT2D eigenvalue weighted by Gasteiger charge is 2.14. The Morgan fingerprint density at radius 3 is 2.83 bits per heavy atom. The third-order valence-corrected chi connectivity index (χ3v) is 2.45. The number of carbonyl (C=O) groups is 1. The van der Waals surface area contributed by atoms with Crippen molar-refractivity contribution < 1.29 is 13.9 Å². The first kappa shape index (κ1) is 12.5. The smallest absolute Gasteiger partial charge is 0.173 e. The van der Waals surface area contributed by atoms with E-state index in [1.54, 1.807) is 0 Å². The molecule has 1 heterocycles. The van der Waals surface area contributed by atoms with Crippen LogP contribution in [0.2, 0.25) is 5.02 Å². The largest absolute Gasteiger partial charge is 0.452 e. The number of hydrogen-bond acceptors (Lipinski definition) is 3. The third-order valence-electron chi connectivity index (χ3n) is 2.25. The van der Waals surface area contributed by atoms with Gasteiger partial charge in [0.2, 0.25) is 0 Å². The van der Waals surface area contributed by atoms with Crippen molar-refractivity contribution in [3.05, 3.63) is 53.1 Å². The predicted molar refractivity (Wildman–Crippen MR) is 65.7 cm³/mol. The second kappa shape index (κ2) is 5.14. The Morgan fingerprint density at radius 1 is 1.39 bits per heavy atom. The fourth-order valence-electron chi connectivity index (χ4n) is 1.46. The van der Waals surface area contributed by atoms with Crippen LogP contribution in [-0.4, -0.2) is 10.8 Å². The van der Waals surface area contributed by atoms with Crippen LogP contribution in [0.1, 0.15) is 17.3 Å². The molecule has 0 atom stereocenters. The van der Waals surface area contributed by atoms with E-state index in [1.165, 1.54) is 43.6 Å². The Kier molecular flexibility index (Phi) is 3.58. The summed E-state index contributed by atoms with van der Waals surface area (Å²) in [5.74, 6) is -0.730. The van der Waals surface area contributed by atoms with Gasteiger partial charge in [0.15, 0.2) is 17.3 Å². The number of pyridine rings is 1. The van der Waals surface area contributed by atoms with Gasteiger partial charge in [-0.2, -0.15) is 0 Å². The molecule has 2 rings (SSSR count). The van der Waals surface area contributed by atoms with Crippen LogP contribution in [0.5, 0.6) is 11.5 Å². The number of benzene rings is 1. The first-order chi connectivity index (χ1) is 8.58. The van der Waals surface area contributed by atoms with Crippen molar-refractivity contribution in [2.45, 2.75) is 6.92 Å². The average Bonchev–Trinajstić information content (AvgIpc) is 2.31. The minimum Gasteiger partial charge on any atom is -0.452 e. The molecule has 1 aromatic carbocycles. The first-order valence-electron chi connectivity index (χ1n) is 5.16. The second-order valence-electron chi connectivity index (χ2n) is 3.61. The molecule has 0 spiro atoms. The van der Waals surface area contributed by atoms with Crippen LogP contribution in [0.4, 0.5) is 4.39 Å². The summed E-state index contributed by atoms with van der Waals surface area (Å²) in [6, 6.07) is 5.67. The number of para-hydroxylation sites is 1. The van der Waals surface area contributed by atoms with Gasteiger partial charge >= 0.3 is 0 Å². The molecule has 92 valence electrons. The Balaban J connectivity index is 2.42. The summed E-state index contributed by atoms with van der Waals surface area (Å²) in [5.41, 5.74) is 0.176. The number of Topliss-reactive ketones (excluding diaryl/α,β-unsaturated/α-hetero) is 1. The van der Waals surface area contributed by atoms with E-state index in [2.05, 4.69) is 4.98 Å². The zero-order valence-corrected chi connectivity index (χ0v) is 10.2. The van der Waals surface area contributed by atoms with E-state index in [9.17, 15) is 9.18 Å². The molecule has 3 nitrogen and oxygen atoms in total. The van der Waals surface area contributed by atoms with Crippen molar-refractivity contribution >= 4 is 17.4 Å². The first-order valence-corrected chi connectivity index (χ1v) is 5.53. The van der Waals surface area contributed by atoms with Gasteiger partial charge in [0.1, 0.15) is 5.75 Å². The molecule has 5 heteroatoms. The number of hydrogen-bond donors (Lipinski definition) is 0. The maximum Gasteiger partial charge on any atom is 0.173 e. The standard InChI is InChI=1S/C13H9ClFNO2/c1-8(17)11-3-2-4-12(15)13(11)18-10-5-9(14)6-16-7-10/h2-7H,1H3. The molecular weight excluding hydrogens is 257 g/mol. The summed E-state index contributed by atoms with van der Waals surface area (Å²) < 4.78 is 19.0. The Bertz CT molecular complexity index is 601. The van der Waals surface area contributed by atoms with E-state index in [-0.39, 0.29) is 22.8 Å². The summed E-state index contributed by atoms with van der Waals surface area (Å²) in [4.78, 5) is 15.2. The molecule has 0 unspecified atom stereocenters. The van der Waals surface area contributed by atoms with E-state index < -0.39 is 5.82 Å². The van der Waals surface area contributed by atoms with Crippen molar-refractivity contribution in [2.24, 2.45) is 0 Å². The lowest BCUT2D eigenvalue weighted by Gasteiger charge is -2.10. The SMILES string of the molecule is CC(=O)c1cccc(F)c1Oc1cncc(Cl)c1. The molecule has 0 aliphatic heterocycles. The van der Waals surface area contributed by atoms with Crippen molar-refractivity contribution in [3.63, 3.8) is 0 Å². The second-order valence-corrected chi connectivity index (χ2v) is 4.05. The van der Waals surface area contributed by atoms with Crippen molar-refractivity contribution in [1.29, 1.82) is 0 Å². The maximum atomic E-state index is 13.7. The molecule has 0 radical (unpaired) electrons. The predicted octanol–water partition coefficient (Wildman–Crippen LogP) is 3.87. The van der Waals surface area contributed by atoms with Crippen LogP contribution in [0.3, 0.4) is 0 Å². The van der Waals surface area contributed by atoms with Gasteiger partial charge in [-0.05, 0) is 19.1 Å². The number of ketones is 1. The molecule has 0 amide bonds. The topological polar surface area (TPSA) is 39.2 Å². The normalized spacial score (nSPS) is 10.2. The number of rotatable bonds is 3.